The molecule has 0 heteroatoms. The summed E-state index contributed by atoms with van der Waals surface area (Å²) in [5, 5.41) is 0. The molecule has 102 valence electrons. The third-order valence-electron chi connectivity index (χ3n) is 4.72. The molecule has 0 saturated heterocycles. The molecule has 0 bridgehead atoms. The summed E-state index contributed by atoms with van der Waals surface area (Å²) in [4.78, 5) is 0. The Balaban J connectivity index is 0.000000150. The Labute approximate surface area is 110 Å². The van der Waals surface area contributed by atoms with Crippen LogP contribution < -0.4 is 0 Å². The minimum Gasteiger partial charge on any atom is -0.0683 e. The van der Waals surface area contributed by atoms with Crippen LogP contribution in [0.15, 0.2) is 0 Å². The molecule has 3 aliphatic carbocycles. The summed E-state index contributed by atoms with van der Waals surface area (Å²) in [6, 6.07) is 0. The van der Waals surface area contributed by atoms with Crippen molar-refractivity contribution in [2.24, 2.45) is 11.8 Å². The van der Waals surface area contributed by atoms with Gasteiger partial charge < -0.3 is 0 Å². The monoisotopic (exact) mass is 238 g/mol. The minimum atomic E-state index is 1.18. The molecule has 0 aromatic rings. The predicted molar refractivity (Wildman–Crippen MR) is 78.3 cm³/mol. The van der Waals surface area contributed by atoms with Crippen molar-refractivity contribution in [1.29, 1.82) is 0 Å². The Kier molecular flexibility index (Phi) is 8.83. The highest BCUT2D eigenvalue weighted by atomic mass is 14.4. The Bertz CT molecular complexity index is 130. The quantitative estimate of drug-likeness (QED) is 0.432. The number of rotatable bonds is 0. The van der Waals surface area contributed by atoms with Gasteiger partial charge in [-0.3, -0.25) is 0 Å². The van der Waals surface area contributed by atoms with Crippen molar-refractivity contribution < 1.29 is 0 Å². The van der Waals surface area contributed by atoms with Gasteiger partial charge in [0.1, 0.15) is 0 Å². The zero-order valence-electron chi connectivity index (χ0n) is 12.3. The number of hydrogen-bond donors (Lipinski definition) is 0. The lowest BCUT2D eigenvalue weighted by molar-refractivity contribution is 0.115. The molecule has 0 N–H and O–H groups in total. The fourth-order valence-electron chi connectivity index (χ4n) is 3.45. The summed E-state index contributed by atoms with van der Waals surface area (Å²) in [6.45, 7) is 4.00. The summed E-state index contributed by atoms with van der Waals surface area (Å²) in [6.07, 6.45) is 19.8. The molecule has 2 atom stereocenters. The molecule has 0 heterocycles. The van der Waals surface area contributed by atoms with Crippen molar-refractivity contribution in [3.63, 3.8) is 0 Å². The molecule has 0 radical (unpaired) electrons. The van der Waals surface area contributed by atoms with E-state index in [1.54, 1.807) is 25.7 Å². The van der Waals surface area contributed by atoms with Crippen LogP contribution >= 0.6 is 0 Å². The van der Waals surface area contributed by atoms with Crippen LogP contribution in [0.25, 0.3) is 0 Å². The second-order valence-electron chi connectivity index (χ2n) is 5.86. The van der Waals surface area contributed by atoms with E-state index < -0.39 is 0 Å². The molecule has 3 rings (SSSR count). The molecule has 3 fully saturated rings. The van der Waals surface area contributed by atoms with Crippen LogP contribution in [0.5, 0.6) is 0 Å². The molecule has 3 aliphatic rings. The highest BCUT2D eigenvalue weighted by Crippen LogP contribution is 2.44. The second kappa shape index (κ2) is 9.97. The van der Waals surface area contributed by atoms with E-state index in [1.165, 1.54) is 69.6 Å². The molecule has 0 aromatic heterocycles. The summed E-state index contributed by atoms with van der Waals surface area (Å²) in [5.41, 5.74) is 0. The molecule has 17 heavy (non-hydrogen) atoms. The molecule has 0 aromatic carbocycles. The average Bonchev–Trinajstić information content (AvgIpc) is 2.66. The lowest BCUT2D eigenvalue weighted by Gasteiger charge is -2.40. The molecular weight excluding hydrogens is 204 g/mol. The Hall–Kier alpha value is 0. The van der Waals surface area contributed by atoms with E-state index in [9.17, 15) is 0 Å². The first-order valence-electron chi connectivity index (χ1n) is 8.47. The first-order chi connectivity index (χ1) is 8.47. The largest absolute Gasteiger partial charge is 0.0683 e. The first-order valence-corrected chi connectivity index (χ1v) is 8.47. The number of fused-ring (bicyclic) bond motifs is 1. The van der Waals surface area contributed by atoms with Gasteiger partial charge in [-0.1, -0.05) is 84.5 Å². The van der Waals surface area contributed by atoms with Gasteiger partial charge in [-0.15, -0.1) is 0 Å². The summed E-state index contributed by atoms with van der Waals surface area (Å²) < 4.78 is 0. The van der Waals surface area contributed by atoms with Crippen molar-refractivity contribution >= 4 is 0 Å². The van der Waals surface area contributed by atoms with Gasteiger partial charge in [0.25, 0.3) is 0 Å². The molecule has 0 aliphatic heterocycles. The van der Waals surface area contributed by atoms with Crippen molar-refractivity contribution in [3.8, 4) is 0 Å². The number of hydrogen-bond acceptors (Lipinski definition) is 0. The molecular formula is C17H34. The Morgan fingerprint density at radius 3 is 0.882 bits per heavy atom. The Morgan fingerprint density at radius 1 is 0.412 bits per heavy atom. The van der Waals surface area contributed by atoms with Gasteiger partial charge in [0.05, 0.1) is 0 Å². The third kappa shape index (κ3) is 5.93. The summed E-state index contributed by atoms with van der Waals surface area (Å²) in [7, 11) is 0. The van der Waals surface area contributed by atoms with Crippen LogP contribution in [-0.2, 0) is 0 Å². The van der Waals surface area contributed by atoms with Crippen LogP contribution in [0.4, 0.5) is 0 Å². The first kappa shape index (κ1) is 15.1. The van der Waals surface area contributed by atoms with Gasteiger partial charge in [-0.2, -0.15) is 0 Å². The molecule has 0 nitrogen and oxygen atoms in total. The molecule has 0 amide bonds. The van der Waals surface area contributed by atoms with Gasteiger partial charge in [0, 0.05) is 0 Å². The van der Waals surface area contributed by atoms with Crippen molar-refractivity contribution in [3.05, 3.63) is 0 Å². The summed E-state index contributed by atoms with van der Waals surface area (Å²) >= 11 is 0. The van der Waals surface area contributed by atoms with E-state index >= 15 is 0 Å². The summed E-state index contributed by atoms with van der Waals surface area (Å²) in [5.74, 6) is 2.37. The van der Waals surface area contributed by atoms with E-state index in [2.05, 4.69) is 0 Å². The Morgan fingerprint density at radius 2 is 0.706 bits per heavy atom. The van der Waals surface area contributed by atoms with Crippen LogP contribution in [0, 0.1) is 11.8 Å². The smallest absolute Gasteiger partial charge is 0.0386 e. The highest BCUT2D eigenvalue weighted by molar-refractivity contribution is 4.83. The zero-order valence-corrected chi connectivity index (χ0v) is 12.3. The standard InChI is InChI=1S/C8H14.C7H14.C2H6/c1-2-4-8-6-5-7(8)3-1;1-2-4-6-7-5-3-1;1-2/h7-8H,1-6H2;1-7H2;1-2H3. The molecule has 0 spiro atoms. The van der Waals surface area contributed by atoms with Crippen LogP contribution in [-0.4, -0.2) is 0 Å². The van der Waals surface area contributed by atoms with Crippen molar-refractivity contribution in [1.82, 2.24) is 0 Å². The lowest BCUT2D eigenvalue weighted by Crippen LogP contribution is -2.28. The SMILES string of the molecule is C1CCC2CCC2C1.C1CCCCCC1.CC. The fraction of sp³-hybridized carbons (Fsp3) is 1.00. The van der Waals surface area contributed by atoms with Gasteiger partial charge in [0.2, 0.25) is 0 Å². The highest BCUT2D eigenvalue weighted by Gasteiger charge is 2.31. The van der Waals surface area contributed by atoms with Gasteiger partial charge in [-0.25, -0.2) is 0 Å². The minimum absolute atomic E-state index is 1.18. The van der Waals surface area contributed by atoms with Gasteiger partial charge in [-0.05, 0) is 24.7 Å². The maximum Gasteiger partial charge on any atom is -0.0386 e. The maximum atomic E-state index is 2.00. The van der Waals surface area contributed by atoms with E-state index in [4.69, 9.17) is 0 Å². The van der Waals surface area contributed by atoms with E-state index in [0.717, 1.165) is 0 Å². The zero-order chi connectivity index (χ0) is 12.3. The van der Waals surface area contributed by atoms with E-state index in [-0.39, 0.29) is 0 Å². The van der Waals surface area contributed by atoms with E-state index in [1.807, 2.05) is 13.8 Å². The van der Waals surface area contributed by atoms with Gasteiger partial charge >= 0.3 is 0 Å². The topological polar surface area (TPSA) is 0 Å². The second-order valence-corrected chi connectivity index (χ2v) is 5.86. The third-order valence-corrected chi connectivity index (χ3v) is 4.72. The van der Waals surface area contributed by atoms with Crippen molar-refractivity contribution in [2.75, 3.05) is 0 Å². The maximum absolute atomic E-state index is 2.00. The fourth-order valence-corrected chi connectivity index (χ4v) is 3.45. The molecule has 3 saturated carbocycles. The van der Waals surface area contributed by atoms with Gasteiger partial charge in [0.15, 0.2) is 0 Å². The van der Waals surface area contributed by atoms with Crippen LogP contribution in [0.2, 0.25) is 0 Å². The lowest BCUT2D eigenvalue weighted by atomic mass is 9.66. The van der Waals surface area contributed by atoms with Crippen LogP contribution in [0.1, 0.15) is 97.3 Å². The van der Waals surface area contributed by atoms with Crippen molar-refractivity contribution in [2.45, 2.75) is 97.3 Å². The van der Waals surface area contributed by atoms with Crippen LogP contribution in [0.3, 0.4) is 0 Å². The molecule has 2 unspecified atom stereocenters. The normalized spacial score (nSPS) is 31.4. The predicted octanol–water partition coefficient (Wildman–Crippen LogP) is 6.34. The van der Waals surface area contributed by atoms with E-state index in [0.29, 0.717) is 0 Å². The average molecular weight is 238 g/mol.